The fourth-order valence-corrected chi connectivity index (χ4v) is 4.84. The Hall–Kier alpha value is -1.85. The number of oxime groups is 1. The zero-order valence-corrected chi connectivity index (χ0v) is 17.1. The first-order valence-electron chi connectivity index (χ1n) is 8.63. The quantitative estimate of drug-likeness (QED) is 0.299. The molecule has 1 saturated heterocycles. The summed E-state index contributed by atoms with van der Waals surface area (Å²) >= 11 is 3.36. The number of pyridine rings is 1. The lowest BCUT2D eigenvalue weighted by Crippen LogP contribution is -2.35. The van der Waals surface area contributed by atoms with Gasteiger partial charge >= 0.3 is 0 Å². The molecule has 2 aromatic rings. The summed E-state index contributed by atoms with van der Waals surface area (Å²) in [4.78, 5) is 9.53. The highest BCUT2D eigenvalue weighted by Crippen LogP contribution is 2.41. The molecular formula is C20H22N2O3S2. The van der Waals surface area contributed by atoms with Gasteiger partial charge in [0.25, 0.3) is 0 Å². The van der Waals surface area contributed by atoms with E-state index in [1.54, 1.807) is 36.4 Å². The lowest BCUT2D eigenvalue weighted by molar-refractivity contribution is -0.0946. The molecule has 0 atom stereocenters. The molecule has 0 saturated carbocycles. The zero-order valence-electron chi connectivity index (χ0n) is 15.4. The number of hydrogen-bond donors (Lipinski definition) is 0. The highest BCUT2D eigenvalue weighted by molar-refractivity contribution is 8.01. The first-order chi connectivity index (χ1) is 13.2. The van der Waals surface area contributed by atoms with E-state index in [1.165, 1.54) is 9.77 Å². The molecule has 1 aliphatic heterocycles. The maximum atomic E-state index is 5.88. The monoisotopic (exact) mass is 402 g/mol. The van der Waals surface area contributed by atoms with E-state index in [4.69, 9.17) is 20.7 Å². The lowest BCUT2D eigenvalue weighted by atomic mass is 9.88. The van der Waals surface area contributed by atoms with Crippen LogP contribution < -0.4 is 0 Å². The molecule has 0 aliphatic carbocycles. The molecule has 0 unspecified atom stereocenters. The molecule has 5 nitrogen and oxygen atoms in total. The molecule has 0 bridgehead atoms. The Kier molecular flexibility index (Phi) is 6.91. The Morgan fingerprint density at radius 3 is 2.93 bits per heavy atom. The van der Waals surface area contributed by atoms with Gasteiger partial charge in [-0.25, -0.2) is 4.98 Å². The van der Waals surface area contributed by atoms with E-state index in [1.807, 2.05) is 19.1 Å². The van der Waals surface area contributed by atoms with E-state index in [-0.39, 0.29) is 12.2 Å². The molecule has 2 aromatic heterocycles. The summed E-state index contributed by atoms with van der Waals surface area (Å²) in [5.74, 6) is 2.38. The first kappa shape index (κ1) is 19.9. The third-order valence-corrected chi connectivity index (χ3v) is 6.53. The highest BCUT2D eigenvalue weighted by Gasteiger charge is 2.35. The number of ether oxygens (including phenoxy) is 2. The number of terminal acetylenes is 1. The molecule has 3 rings (SSSR count). The Labute approximate surface area is 168 Å². The SMILES string of the molecule is C#CCON=C(C)c1ccc(Sc2cc(C3(OC)CCOCC3)cs2)nc1. The molecule has 0 N–H and O–H groups in total. The fraction of sp³-hybridized carbons (Fsp3) is 0.400. The lowest BCUT2D eigenvalue weighted by Gasteiger charge is -2.35. The van der Waals surface area contributed by atoms with Crippen LogP contribution in [0, 0.1) is 12.3 Å². The number of aromatic nitrogens is 1. The predicted molar refractivity (Wildman–Crippen MR) is 108 cm³/mol. The van der Waals surface area contributed by atoms with Gasteiger partial charge < -0.3 is 14.3 Å². The van der Waals surface area contributed by atoms with Crippen LogP contribution in [0.4, 0.5) is 0 Å². The minimum absolute atomic E-state index is 0.161. The number of rotatable bonds is 7. The minimum atomic E-state index is -0.225. The van der Waals surface area contributed by atoms with Crippen molar-refractivity contribution in [3.63, 3.8) is 0 Å². The predicted octanol–water partition coefficient (Wildman–Crippen LogP) is 4.32. The van der Waals surface area contributed by atoms with Crippen LogP contribution in [0.3, 0.4) is 0 Å². The molecule has 0 amide bonds. The maximum absolute atomic E-state index is 5.88. The standard InChI is InChI=1S/C20H22N2O3S2/c1-4-9-25-22-15(2)16-5-6-18(21-13-16)27-19-12-17(14-26-19)20(23-3)7-10-24-11-8-20/h1,5-6,12-14H,7-11H2,2-3H3. The van der Waals surface area contributed by atoms with Crippen molar-refractivity contribution in [1.82, 2.24) is 4.98 Å². The van der Waals surface area contributed by atoms with Crippen molar-refractivity contribution in [2.24, 2.45) is 5.16 Å². The molecule has 3 heterocycles. The molecule has 0 aromatic carbocycles. The summed E-state index contributed by atoms with van der Waals surface area (Å²) in [6.07, 6.45) is 8.71. The van der Waals surface area contributed by atoms with Gasteiger partial charge in [0.15, 0.2) is 6.61 Å². The molecular weight excluding hydrogens is 380 g/mol. The van der Waals surface area contributed by atoms with E-state index in [0.29, 0.717) is 0 Å². The van der Waals surface area contributed by atoms with E-state index < -0.39 is 0 Å². The van der Waals surface area contributed by atoms with Crippen molar-refractivity contribution in [2.75, 3.05) is 26.9 Å². The topological polar surface area (TPSA) is 52.9 Å². The smallest absolute Gasteiger partial charge is 0.177 e. The molecule has 27 heavy (non-hydrogen) atoms. The van der Waals surface area contributed by atoms with Gasteiger partial charge in [-0.05, 0) is 36.1 Å². The van der Waals surface area contributed by atoms with Gasteiger partial charge in [0.2, 0.25) is 0 Å². The first-order valence-corrected chi connectivity index (χ1v) is 10.3. The van der Waals surface area contributed by atoms with Crippen LogP contribution in [0.1, 0.15) is 30.9 Å². The van der Waals surface area contributed by atoms with Crippen molar-refractivity contribution in [2.45, 2.75) is 34.6 Å². The number of nitrogens with zero attached hydrogens (tertiary/aromatic N) is 2. The molecule has 0 spiro atoms. The van der Waals surface area contributed by atoms with Gasteiger partial charge in [0, 0.05) is 44.9 Å². The van der Waals surface area contributed by atoms with Crippen molar-refractivity contribution < 1.29 is 14.3 Å². The van der Waals surface area contributed by atoms with E-state index in [0.717, 1.165) is 42.4 Å². The van der Waals surface area contributed by atoms with Crippen LogP contribution in [-0.2, 0) is 19.9 Å². The van der Waals surface area contributed by atoms with E-state index in [9.17, 15) is 0 Å². The Morgan fingerprint density at radius 2 is 2.26 bits per heavy atom. The second-order valence-corrected chi connectivity index (χ2v) is 8.34. The average Bonchev–Trinajstić information content (AvgIpc) is 3.18. The highest BCUT2D eigenvalue weighted by atomic mass is 32.2. The van der Waals surface area contributed by atoms with Crippen LogP contribution >= 0.6 is 23.1 Å². The summed E-state index contributed by atoms with van der Waals surface area (Å²) in [6.45, 7) is 3.50. The molecule has 7 heteroatoms. The molecule has 0 radical (unpaired) electrons. The van der Waals surface area contributed by atoms with E-state index in [2.05, 4.69) is 27.5 Å². The van der Waals surface area contributed by atoms with Crippen molar-refractivity contribution in [3.05, 3.63) is 40.9 Å². The van der Waals surface area contributed by atoms with Crippen LogP contribution in [-0.4, -0.2) is 37.6 Å². The third kappa shape index (κ3) is 4.90. The number of hydrogen-bond acceptors (Lipinski definition) is 7. The van der Waals surface area contributed by atoms with Crippen molar-refractivity contribution in [3.8, 4) is 12.3 Å². The summed E-state index contributed by atoms with van der Waals surface area (Å²) in [5, 5.41) is 7.09. The largest absolute Gasteiger partial charge is 0.382 e. The van der Waals surface area contributed by atoms with Crippen LogP contribution in [0.2, 0.25) is 0 Å². The van der Waals surface area contributed by atoms with Gasteiger partial charge in [-0.15, -0.1) is 17.8 Å². The average molecular weight is 403 g/mol. The Bertz CT molecular complexity index is 818. The summed E-state index contributed by atoms with van der Waals surface area (Å²) in [6, 6.07) is 6.18. The minimum Gasteiger partial charge on any atom is -0.382 e. The molecule has 1 aliphatic rings. The van der Waals surface area contributed by atoms with Gasteiger partial charge in [0.05, 0.1) is 15.5 Å². The van der Waals surface area contributed by atoms with Crippen LogP contribution in [0.15, 0.2) is 44.2 Å². The third-order valence-electron chi connectivity index (χ3n) is 4.50. The van der Waals surface area contributed by atoms with Gasteiger partial charge in [0.1, 0.15) is 5.03 Å². The second kappa shape index (κ2) is 9.38. The summed E-state index contributed by atoms with van der Waals surface area (Å²) in [7, 11) is 1.79. The second-order valence-electron chi connectivity index (χ2n) is 6.11. The number of methoxy groups -OCH3 is 1. The van der Waals surface area contributed by atoms with Crippen LogP contribution in [0.5, 0.6) is 0 Å². The molecule has 142 valence electrons. The normalized spacial score (nSPS) is 16.7. The van der Waals surface area contributed by atoms with Gasteiger partial charge in [-0.2, -0.15) is 0 Å². The van der Waals surface area contributed by atoms with Gasteiger partial charge in [-0.3, -0.25) is 0 Å². The fourth-order valence-electron chi connectivity index (χ4n) is 2.90. The zero-order chi connectivity index (χ0) is 19.1. The summed E-state index contributed by atoms with van der Waals surface area (Å²) < 4.78 is 12.6. The Morgan fingerprint density at radius 1 is 1.44 bits per heavy atom. The Balaban J connectivity index is 1.67. The van der Waals surface area contributed by atoms with Crippen molar-refractivity contribution in [1.29, 1.82) is 0 Å². The van der Waals surface area contributed by atoms with Crippen molar-refractivity contribution >= 4 is 28.8 Å². The van der Waals surface area contributed by atoms with Crippen LogP contribution in [0.25, 0.3) is 0 Å². The van der Waals surface area contributed by atoms with E-state index >= 15 is 0 Å². The molecule has 1 fully saturated rings. The van der Waals surface area contributed by atoms with Gasteiger partial charge in [-0.1, -0.05) is 22.8 Å². The maximum Gasteiger partial charge on any atom is 0.177 e. The number of thiophene rings is 1. The summed E-state index contributed by atoms with van der Waals surface area (Å²) in [5.41, 5.74) is 2.65.